The minimum absolute atomic E-state index is 0.0439. The zero-order chi connectivity index (χ0) is 17.3. The van der Waals surface area contributed by atoms with Gasteiger partial charge in [-0.05, 0) is 36.1 Å². The van der Waals surface area contributed by atoms with Gasteiger partial charge in [0.2, 0.25) is 0 Å². The van der Waals surface area contributed by atoms with Crippen molar-refractivity contribution < 1.29 is 22.7 Å². The van der Waals surface area contributed by atoms with Crippen LogP contribution in [-0.2, 0) is 11.0 Å². The van der Waals surface area contributed by atoms with Crippen LogP contribution in [0.3, 0.4) is 0 Å². The van der Waals surface area contributed by atoms with Gasteiger partial charge in [-0.15, -0.1) is 0 Å². The highest BCUT2D eigenvalue weighted by molar-refractivity contribution is 5.78. The van der Waals surface area contributed by atoms with Gasteiger partial charge in [-0.3, -0.25) is 4.79 Å². The largest absolute Gasteiger partial charge is 0.484 e. The average molecular weight is 330 g/mol. The van der Waals surface area contributed by atoms with Gasteiger partial charge in [-0.2, -0.15) is 13.2 Å². The normalized spacial score (nSPS) is 21.1. The van der Waals surface area contributed by atoms with E-state index >= 15 is 0 Å². The molecule has 1 aliphatic rings. The predicted molar refractivity (Wildman–Crippen MR) is 79.9 cm³/mol. The van der Waals surface area contributed by atoms with E-state index in [4.69, 9.17) is 10.5 Å². The maximum atomic E-state index is 12.5. The molecule has 4 nitrogen and oxygen atoms in total. The van der Waals surface area contributed by atoms with Gasteiger partial charge in [0.1, 0.15) is 5.75 Å². The first-order valence-electron chi connectivity index (χ1n) is 7.43. The Balaban J connectivity index is 1.90. The van der Waals surface area contributed by atoms with E-state index in [9.17, 15) is 18.0 Å². The lowest BCUT2D eigenvalue weighted by Crippen LogP contribution is -2.54. The van der Waals surface area contributed by atoms with Crippen LogP contribution >= 0.6 is 0 Å². The molecule has 1 aromatic rings. The van der Waals surface area contributed by atoms with Crippen molar-refractivity contribution in [2.45, 2.75) is 32.5 Å². The summed E-state index contributed by atoms with van der Waals surface area (Å²) in [6, 6.07) is 4.34. The van der Waals surface area contributed by atoms with Gasteiger partial charge >= 0.3 is 6.18 Å². The predicted octanol–water partition coefficient (Wildman–Crippen LogP) is 2.67. The Bertz CT molecular complexity index is 555. The van der Waals surface area contributed by atoms with Gasteiger partial charge in [0.15, 0.2) is 6.61 Å². The Morgan fingerprint density at radius 1 is 1.35 bits per heavy atom. The van der Waals surface area contributed by atoms with Crippen molar-refractivity contribution in [3.63, 3.8) is 0 Å². The highest BCUT2D eigenvalue weighted by atomic mass is 19.4. The van der Waals surface area contributed by atoms with Crippen LogP contribution in [0.1, 0.15) is 25.8 Å². The summed E-state index contributed by atoms with van der Waals surface area (Å²) in [4.78, 5) is 13.9. The molecular weight excluding hydrogens is 309 g/mol. The minimum Gasteiger partial charge on any atom is -0.484 e. The van der Waals surface area contributed by atoms with Crippen LogP contribution in [0.2, 0.25) is 0 Å². The second kappa shape index (κ2) is 6.39. The van der Waals surface area contributed by atoms with Crippen LogP contribution in [0.4, 0.5) is 13.2 Å². The van der Waals surface area contributed by atoms with Gasteiger partial charge in [-0.1, -0.05) is 13.8 Å². The Hall–Kier alpha value is -1.76. The zero-order valence-corrected chi connectivity index (χ0v) is 13.2. The Kier molecular flexibility index (Phi) is 4.89. The number of halogens is 3. The lowest BCUT2D eigenvalue weighted by molar-refractivity contribution is -0.138. The molecule has 1 aromatic carbocycles. The molecule has 1 saturated heterocycles. The summed E-state index contributed by atoms with van der Waals surface area (Å²) < 4.78 is 42.7. The maximum Gasteiger partial charge on any atom is 0.416 e. The van der Waals surface area contributed by atoms with Crippen LogP contribution in [0, 0.1) is 5.41 Å². The molecule has 1 heterocycles. The molecule has 2 rings (SSSR count). The van der Waals surface area contributed by atoms with Crippen molar-refractivity contribution in [1.82, 2.24) is 4.90 Å². The molecule has 1 unspecified atom stereocenters. The van der Waals surface area contributed by atoms with E-state index in [2.05, 4.69) is 0 Å². The molecule has 0 radical (unpaired) electrons. The maximum absolute atomic E-state index is 12.5. The van der Waals surface area contributed by atoms with Gasteiger partial charge in [-0.25, -0.2) is 0 Å². The SMILES string of the molecule is CC1(C)CN(C(=O)COc2ccc(C(F)(F)F)cc2)CCC1N. The Morgan fingerprint density at radius 3 is 2.48 bits per heavy atom. The first kappa shape index (κ1) is 17.6. The lowest BCUT2D eigenvalue weighted by Gasteiger charge is -2.42. The fraction of sp³-hybridized carbons (Fsp3) is 0.562. The van der Waals surface area contributed by atoms with Crippen molar-refractivity contribution in [1.29, 1.82) is 0 Å². The van der Waals surface area contributed by atoms with Crippen LogP contribution in [0.15, 0.2) is 24.3 Å². The molecule has 128 valence electrons. The summed E-state index contributed by atoms with van der Waals surface area (Å²) in [5.74, 6) is 0.0455. The summed E-state index contributed by atoms with van der Waals surface area (Å²) in [7, 11) is 0. The van der Waals surface area contributed by atoms with E-state index in [1.54, 1.807) is 4.90 Å². The Labute approximate surface area is 133 Å². The molecule has 23 heavy (non-hydrogen) atoms. The Morgan fingerprint density at radius 2 is 1.96 bits per heavy atom. The van der Waals surface area contributed by atoms with Crippen molar-refractivity contribution in [2.24, 2.45) is 11.1 Å². The zero-order valence-electron chi connectivity index (χ0n) is 13.2. The van der Waals surface area contributed by atoms with Crippen LogP contribution in [0.25, 0.3) is 0 Å². The van der Waals surface area contributed by atoms with E-state index in [0.29, 0.717) is 13.1 Å². The summed E-state index contributed by atoms with van der Waals surface area (Å²) in [6.45, 7) is 4.93. The highest BCUT2D eigenvalue weighted by Crippen LogP contribution is 2.30. The third-order valence-corrected chi connectivity index (χ3v) is 4.21. The van der Waals surface area contributed by atoms with E-state index in [1.807, 2.05) is 13.8 Å². The number of benzene rings is 1. The molecule has 0 aromatic heterocycles. The van der Waals surface area contributed by atoms with Crippen molar-refractivity contribution in [3.8, 4) is 5.75 Å². The highest BCUT2D eigenvalue weighted by Gasteiger charge is 2.35. The van der Waals surface area contributed by atoms with Crippen LogP contribution in [0.5, 0.6) is 5.75 Å². The number of hydrogen-bond donors (Lipinski definition) is 1. The fourth-order valence-corrected chi connectivity index (χ4v) is 2.56. The molecule has 2 N–H and O–H groups in total. The third kappa shape index (κ3) is 4.37. The number of hydrogen-bond acceptors (Lipinski definition) is 3. The lowest BCUT2D eigenvalue weighted by atomic mass is 9.80. The quantitative estimate of drug-likeness (QED) is 0.927. The number of carbonyl (C=O) groups is 1. The fourth-order valence-electron chi connectivity index (χ4n) is 2.56. The summed E-state index contributed by atoms with van der Waals surface area (Å²) in [5, 5.41) is 0. The average Bonchev–Trinajstić information content (AvgIpc) is 2.47. The third-order valence-electron chi connectivity index (χ3n) is 4.21. The molecule has 0 saturated carbocycles. The summed E-state index contributed by atoms with van der Waals surface area (Å²) >= 11 is 0. The molecule has 0 bridgehead atoms. The summed E-state index contributed by atoms with van der Waals surface area (Å²) in [6.07, 6.45) is -3.66. The van der Waals surface area contributed by atoms with Gasteiger partial charge in [0.05, 0.1) is 5.56 Å². The standard InChI is InChI=1S/C16H21F3N2O2/c1-15(2)10-21(8-7-13(15)20)14(22)9-23-12-5-3-11(4-6-12)16(17,18)19/h3-6,13H,7-10,20H2,1-2H3. The second-order valence-corrected chi connectivity index (χ2v) is 6.51. The molecule has 1 atom stereocenters. The second-order valence-electron chi connectivity index (χ2n) is 6.51. The van der Waals surface area contributed by atoms with E-state index in [1.165, 1.54) is 12.1 Å². The number of likely N-dealkylation sites (tertiary alicyclic amines) is 1. The number of nitrogens with zero attached hydrogens (tertiary/aromatic N) is 1. The monoisotopic (exact) mass is 330 g/mol. The van der Waals surface area contributed by atoms with E-state index < -0.39 is 11.7 Å². The van der Waals surface area contributed by atoms with Gasteiger partial charge < -0.3 is 15.4 Å². The summed E-state index contributed by atoms with van der Waals surface area (Å²) in [5.41, 5.74) is 5.12. The molecule has 0 aliphatic carbocycles. The number of alkyl halides is 3. The number of piperidine rings is 1. The van der Waals surface area contributed by atoms with Crippen molar-refractivity contribution >= 4 is 5.91 Å². The topological polar surface area (TPSA) is 55.6 Å². The number of amides is 1. The molecular formula is C16H21F3N2O2. The molecule has 1 amide bonds. The minimum atomic E-state index is -4.38. The molecule has 1 aliphatic heterocycles. The van der Waals surface area contributed by atoms with Gasteiger partial charge in [0, 0.05) is 19.1 Å². The van der Waals surface area contributed by atoms with E-state index in [-0.39, 0.29) is 29.7 Å². The first-order chi connectivity index (χ1) is 10.6. The number of nitrogens with two attached hydrogens (primary N) is 1. The van der Waals surface area contributed by atoms with Gasteiger partial charge in [0.25, 0.3) is 5.91 Å². The van der Waals surface area contributed by atoms with Crippen LogP contribution in [-0.4, -0.2) is 36.5 Å². The molecule has 7 heteroatoms. The van der Waals surface area contributed by atoms with Crippen LogP contribution < -0.4 is 10.5 Å². The molecule has 0 spiro atoms. The first-order valence-corrected chi connectivity index (χ1v) is 7.43. The molecule has 1 fully saturated rings. The number of rotatable bonds is 3. The van der Waals surface area contributed by atoms with Crippen molar-refractivity contribution in [2.75, 3.05) is 19.7 Å². The van der Waals surface area contributed by atoms with E-state index in [0.717, 1.165) is 18.6 Å². The van der Waals surface area contributed by atoms with Crippen molar-refractivity contribution in [3.05, 3.63) is 29.8 Å². The number of carbonyl (C=O) groups excluding carboxylic acids is 1. The number of ether oxygens (including phenoxy) is 1. The smallest absolute Gasteiger partial charge is 0.416 e.